The third-order valence-electron chi connectivity index (χ3n) is 2.92. The van der Waals surface area contributed by atoms with Crippen LogP contribution in [0.1, 0.15) is 18.1 Å². The van der Waals surface area contributed by atoms with E-state index < -0.39 is 0 Å². The van der Waals surface area contributed by atoms with Crippen molar-refractivity contribution in [2.45, 2.75) is 26.3 Å². The fourth-order valence-electron chi connectivity index (χ4n) is 1.93. The third kappa shape index (κ3) is 6.39. The van der Waals surface area contributed by atoms with E-state index in [2.05, 4.69) is 24.4 Å². The van der Waals surface area contributed by atoms with Gasteiger partial charge >= 0.3 is 0 Å². The first kappa shape index (κ1) is 16.4. The van der Waals surface area contributed by atoms with Gasteiger partial charge in [-0.05, 0) is 37.1 Å². The average molecular weight is 286 g/mol. The molecule has 0 bridgehead atoms. The summed E-state index contributed by atoms with van der Waals surface area (Å²) in [4.78, 5) is 0. The van der Waals surface area contributed by atoms with E-state index in [1.807, 2.05) is 13.0 Å². The lowest BCUT2D eigenvalue weighted by molar-refractivity contribution is 0.0589. The van der Waals surface area contributed by atoms with Gasteiger partial charge in [-0.3, -0.25) is 0 Å². The predicted octanol–water partition coefficient (Wildman–Crippen LogP) is 2.83. The molecule has 0 aliphatic carbocycles. The Morgan fingerprint density at radius 1 is 1.32 bits per heavy atom. The zero-order valence-corrected chi connectivity index (χ0v) is 12.8. The van der Waals surface area contributed by atoms with E-state index in [1.54, 1.807) is 7.11 Å². The number of likely N-dealkylation sites (N-methyl/N-ethyl adjacent to an activating group) is 1. The highest BCUT2D eigenvalue weighted by molar-refractivity contribution is 6.31. The molecule has 1 atom stereocenters. The van der Waals surface area contributed by atoms with E-state index in [4.69, 9.17) is 21.1 Å². The molecule has 108 valence electrons. The molecule has 0 aromatic heterocycles. The highest BCUT2D eigenvalue weighted by atomic mass is 35.5. The number of hydrogen-bond acceptors (Lipinski definition) is 3. The van der Waals surface area contributed by atoms with E-state index >= 15 is 0 Å². The molecular formula is C15H24ClNO2. The fraction of sp³-hybridized carbons (Fsp3) is 0.600. The van der Waals surface area contributed by atoms with Crippen LogP contribution in [0, 0.1) is 6.92 Å². The molecule has 1 rings (SSSR count). The third-order valence-corrected chi connectivity index (χ3v) is 3.27. The van der Waals surface area contributed by atoms with Crippen LogP contribution in [-0.4, -0.2) is 39.5 Å². The Balaban J connectivity index is 2.51. The lowest BCUT2D eigenvalue weighted by Gasteiger charge is -2.19. The van der Waals surface area contributed by atoms with Crippen LogP contribution in [0.4, 0.5) is 0 Å². The Bertz CT molecular complexity index is 371. The van der Waals surface area contributed by atoms with E-state index in [0.29, 0.717) is 19.8 Å². The molecule has 0 amide bonds. The van der Waals surface area contributed by atoms with Gasteiger partial charge in [0.15, 0.2) is 0 Å². The summed E-state index contributed by atoms with van der Waals surface area (Å²) in [7, 11) is 1.68. The topological polar surface area (TPSA) is 30.5 Å². The van der Waals surface area contributed by atoms with Crippen molar-refractivity contribution in [3.8, 4) is 0 Å². The second-order valence-corrected chi connectivity index (χ2v) is 5.03. The van der Waals surface area contributed by atoms with Crippen LogP contribution in [-0.2, 0) is 15.9 Å². The molecule has 3 nitrogen and oxygen atoms in total. The zero-order valence-electron chi connectivity index (χ0n) is 12.0. The van der Waals surface area contributed by atoms with Crippen molar-refractivity contribution < 1.29 is 9.47 Å². The number of nitrogens with one attached hydrogen (secondary N) is 1. The standard InChI is InChI=1S/C15H24ClNO2/c1-4-17-14(11-19-8-7-18-3)10-13-6-5-12(2)9-15(13)16/h5-6,9,14,17H,4,7-8,10-11H2,1-3H3. The average Bonchev–Trinajstić information content (AvgIpc) is 2.38. The van der Waals surface area contributed by atoms with Crippen LogP contribution in [0.2, 0.25) is 5.02 Å². The van der Waals surface area contributed by atoms with Gasteiger partial charge in [-0.2, -0.15) is 0 Å². The maximum Gasteiger partial charge on any atom is 0.0701 e. The van der Waals surface area contributed by atoms with Crippen LogP contribution < -0.4 is 5.32 Å². The summed E-state index contributed by atoms with van der Waals surface area (Å²) in [5.74, 6) is 0. The Morgan fingerprint density at radius 3 is 2.74 bits per heavy atom. The highest BCUT2D eigenvalue weighted by Gasteiger charge is 2.11. The molecule has 0 saturated heterocycles. The minimum Gasteiger partial charge on any atom is -0.382 e. The molecule has 0 fully saturated rings. The summed E-state index contributed by atoms with van der Waals surface area (Å²) < 4.78 is 10.6. The van der Waals surface area contributed by atoms with Gasteiger partial charge < -0.3 is 14.8 Å². The first-order chi connectivity index (χ1) is 9.17. The quantitative estimate of drug-likeness (QED) is 0.708. The summed E-state index contributed by atoms with van der Waals surface area (Å²) in [5, 5.41) is 4.26. The van der Waals surface area contributed by atoms with Gasteiger partial charge in [0.25, 0.3) is 0 Å². The van der Waals surface area contributed by atoms with Gasteiger partial charge in [-0.25, -0.2) is 0 Å². The van der Waals surface area contributed by atoms with E-state index in [0.717, 1.165) is 23.6 Å². The molecule has 1 N–H and O–H groups in total. The molecule has 0 heterocycles. The first-order valence-corrected chi connectivity index (χ1v) is 7.10. The number of rotatable bonds is 9. The molecule has 0 aliphatic heterocycles. The normalized spacial score (nSPS) is 12.6. The molecule has 1 unspecified atom stereocenters. The van der Waals surface area contributed by atoms with E-state index in [1.165, 1.54) is 5.56 Å². The molecule has 0 saturated carbocycles. The predicted molar refractivity (Wildman–Crippen MR) is 80.1 cm³/mol. The lowest BCUT2D eigenvalue weighted by Crippen LogP contribution is -2.35. The van der Waals surface area contributed by atoms with Crippen molar-refractivity contribution in [1.82, 2.24) is 5.32 Å². The molecule has 0 aliphatic rings. The number of halogens is 1. The smallest absolute Gasteiger partial charge is 0.0701 e. The summed E-state index contributed by atoms with van der Waals surface area (Å²) >= 11 is 6.27. The Hall–Kier alpha value is -0.610. The van der Waals surface area contributed by atoms with Crippen LogP contribution in [0.25, 0.3) is 0 Å². The van der Waals surface area contributed by atoms with Crippen LogP contribution >= 0.6 is 11.6 Å². The fourth-order valence-corrected chi connectivity index (χ4v) is 2.24. The Kier molecular flexibility index (Phi) is 8.07. The van der Waals surface area contributed by atoms with Crippen LogP contribution in [0.15, 0.2) is 18.2 Å². The van der Waals surface area contributed by atoms with Crippen molar-refractivity contribution >= 4 is 11.6 Å². The maximum atomic E-state index is 6.27. The van der Waals surface area contributed by atoms with Crippen LogP contribution in [0.5, 0.6) is 0 Å². The number of ether oxygens (including phenoxy) is 2. The van der Waals surface area contributed by atoms with E-state index in [9.17, 15) is 0 Å². The van der Waals surface area contributed by atoms with Crippen molar-refractivity contribution in [2.24, 2.45) is 0 Å². The maximum absolute atomic E-state index is 6.27. The number of hydrogen-bond donors (Lipinski definition) is 1. The molecule has 19 heavy (non-hydrogen) atoms. The SMILES string of the molecule is CCNC(COCCOC)Cc1ccc(C)cc1Cl. The van der Waals surface area contributed by atoms with Crippen molar-refractivity contribution in [3.63, 3.8) is 0 Å². The Labute approximate surface area is 121 Å². The molecule has 4 heteroatoms. The summed E-state index contributed by atoms with van der Waals surface area (Å²) in [6.45, 7) is 6.98. The minimum absolute atomic E-state index is 0.280. The molecule has 1 aromatic carbocycles. The molecule has 0 spiro atoms. The van der Waals surface area contributed by atoms with Crippen molar-refractivity contribution in [2.75, 3.05) is 33.5 Å². The van der Waals surface area contributed by atoms with Crippen molar-refractivity contribution in [3.05, 3.63) is 34.3 Å². The highest BCUT2D eigenvalue weighted by Crippen LogP contribution is 2.19. The first-order valence-electron chi connectivity index (χ1n) is 6.72. The monoisotopic (exact) mass is 285 g/mol. The Morgan fingerprint density at radius 2 is 2.11 bits per heavy atom. The summed E-state index contributed by atoms with van der Waals surface area (Å²) in [5.41, 5.74) is 2.35. The second kappa shape index (κ2) is 9.32. The number of benzene rings is 1. The zero-order chi connectivity index (χ0) is 14.1. The van der Waals surface area contributed by atoms with Gasteiger partial charge in [-0.1, -0.05) is 30.7 Å². The van der Waals surface area contributed by atoms with Gasteiger partial charge in [0, 0.05) is 18.2 Å². The van der Waals surface area contributed by atoms with Gasteiger partial charge in [0.1, 0.15) is 0 Å². The minimum atomic E-state index is 0.280. The lowest BCUT2D eigenvalue weighted by atomic mass is 10.0. The van der Waals surface area contributed by atoms with E-state index in [-0.39, 0.29) is 6.04 Å². The number of methoxy groups -OCH3 is 1. The largest absolute Gasteiger partial charge is 0.382 e. The van der Waals surface area contributed by atoms with Gasteiger partial charge in [-0.15, -0.1) is 0 Å². The second-order valence-electron chi connectivity index (χ2n) is 4.62. The summed E-state index contributed by atoms with van der Waals surface area (Å²) in [6, 6.07) is 6.47. The van der Waals surface area contributed by atoms with Gasteiger partial charge in [0.05, 0.1) is 19.8 Å². The van der Waals surface area contributed by atoms with Gasteiger partial charge in [0.2, 0.25) is 0 Å². The van der Waals surface area contributed by atoms with Crippen LogP contribution in [0.3, 0.4) is 0 Å². The molecule has 0 radical (unpaired) electrons. The summed E-state index contributed by atoms with van der Waals surface area (Å²) in [6.07, 6.45) is 0.875. The van der Waals surface area contributed by atoms with Crippen molar-refractivity contribution in [1.29, 1.82) is 0 Å². The number of aryl methyl sites for hydroxylation is 1. The molecular weight excluding hydrogens is 262 g/mol. The molecule has 1 aromatic rings.